The molecule has 1 heterocycles. The summed E-state index contributed by atoms with van der Waals surface area (Å²) in [5, 5.41) is 5.68. The van der Waals surface area contributed by atoms with E-state index in [0.29, 0.717) is 5.16 Å². The fourth-order valence-electron chi connectivity index (χ4n) is 1.60. The zero-order chi connectivity index (χ0) is 18.8. The first kappa shape index (κ1) is 20.4. The van der Waals surface area contributed by atoms with Crippen LogP contribution in [0.1, 0.15) is 20.8 Å². The SMILES string of the molecule is CCOC(=O)C(=CNc1cc(NC(C)=O)nc(SC)n1)C(=O)OCC. The number of esters is 2. The van der Waals surface area contributed by atoms with Crippen molar-refractivity contribution < 1.29 is 23.9 Å². The molecule has 1 aromatic heterocycles. The van der Waals surface area contributed by atoms with E-state index < -0.39 is 11.9 Å². The van der Waals surface area contributed by atoms with Crippen molar-refractivity contribution in [3.8, 4) is 0 Å². The number of thioether (sulfide) groups is 1. The number of nitrogens with zero attached hydrogens (tertiary/aromatic N) is 2. The Labute approximate surface area is 149 Å². The molecule has 0 radical (unpaired) electrons. The Balaban J connectivity index is 3.09. The van der Waals surface area contributed by atoms with Crippen LogP contribution >= 0.6 is 11.8 Å². The number of hydrogen-bond donors (Lipinski definition) is 2. The van der Waals surface area contributed by atoms with Gasteiger partial charge in [-0.2, -0.15) is 0 Å². The molecule has 136 valence electrons. The molecule has 1 rings (SSSR count). The molecule has 0 spiro atoms. The summed E-state index contributed by atoms with van der Waals surface area (Å²) in [5.41, 5.74) is -0.297. The van der Waals surface area contributed by atoms with Gasteiger partial charge in [-0.05, 0) is 20.1 Å². The van der Waals surface area contributed by atoms with Gasteiger partial charge in [0, 0.05) is 19.2 Å². The molecule has 0 unspecified atom stereocenters. The van der Waals surface area contributed by atoms with E-state index in [1.807, 2.05) is 0 Å². The smallest absolute Gasteiger partial charge is 0.347 e. The van der Waals surface area contributed by atoms with Crippen LogP contribution in [-0.4, -0.2) is 47.3 Å². The molecule has 2 N–H and O–H groups in total. The van der Waals surface area contributed by atoms with E-state index in [-0.39, 0.29) is 36.3 Å². The third-order valence-corrected chi connectivity index (χ3v) is 3.10. The molecule has 0 aromatic carbocycles. The summed E-state index contributed by atoms with van der Waals surface area (Å²) in [6.45, 7) is 4.85. The zero-order valence-corrected chi connectivity index (χ0v) is 15.2. The summed E-state index contributed by atoms with van der Waals surface area (Å²) in [6.07, 6.45) is 2.93. The van der Waals surface area contributed by atoms with Crippen LogP contribution < -0.4 is 10.6 Å². The molecule has 0 bridgehead atoms. The fraction of sp³-hybridized carbons (Fsp3) is 0.400. The first-order valence-corrected chi connectivity index (χ1v) is 8.65. The summed E-state index contributed by atoms with van der Waals surface area (Å²) >= 11 is 1.27. The molecule has 10 heteroatoms. The van der Waals surface area contributed by atoms with Crippen molar-refractivity contribution in [3.05, 3.63) is 17.8 Å². The van der Waals surface area contributed by atoms with Crippen LogP contribution in [0.5, 0.6) is 0 Å². The molecular weight excluding hydrogens is 348 g/mol. The Hall–Kier alpha value is -2.62. The molecule has 0 aliphatic rings. The van der Waals surface area contributed by atoms with E-state index in [9.17, 15) is 14.4 Å². The second-order valence-electron chi connectivity index (χ2n) is 4.45. The maximum atomic E-state index is 11.9. The molecule has 0 aliphatic heterocycles. The summed E-state index contributed by atoms with van der Waals surface area (Å²) < 4.78 is 9.68. The molecule has 1 amide bonds. The lowest BCUT2D eigenvalue weighted by atomic mass is 10.3. The van der Waals surface area contributed by atoms with Gasteiger partial charge < -0.3 is 20.1 Å². The van der Waals surface area contributed by atoms with Gasteiger partial charge in [-0.25, -0.2) is 19.6 Å². The van der Waals surface area contributed by atoms with Gasteiger partial charge in [-0.3, -0.25) is 4.79 Å². The predicted molar refractivity (Wildman–Crippen MR) is 93.1 cm³/mol. The Morgan fingerprint density at radius 2 is 1.68 bits per heavy atom. The molecule has 0 aliphatic carbocycles. The van der Waals surface area contributed by atoms with Gasteiger partial charge in [0.05, 0.1) is 13.2 Å². The Morgan fingerprint density at radius 3 is 2.16 bits per heavy atom. The Bertz CT molecular complexity index is 658. The summed E-state index contributed by atoms with van der Waals surface area (Å²) in [7, 11) is 0. The molecule has 25 heavy (non-hydrogen) atoms. The minimum atomic E-state index is -0.810. The van der Waals surface area contributed by atoms with Crippen LogP contribution in [-0.2, 0) is 23.9 Å². The molecule has 0 saturated heterocycles. The standard InChI is InChI=1S/C15H20N4O5S/c1-5-23-13(21)10(14(22)24-6-2)8-16-11-7-12(17-9(3)20)19-15(18-11)25-4/h7-8H,5-6H2,1-4H3,(H2,16,17,18,19,20). The first-order valence-electron chi connectivity index (χ1n) is 7.42. The number of hydrogen-bond acceptors (Lipinski definition) is 9. The molecule has 9 nitrogen and oxygen atoms in total. The number of anilines is 2. The van der Waals surface area contributed by atoms with Gasteiger partial charge in [-0.1, -0.05) is 11.8 Å². The largest absolute Gasteiger partial charge is 0.462 e. The number of rotatable bonds is 8. The van der Waals surface area contributed by atoms with Crippen LogP contribution in [0.25, 0.3) is 0 Å². The topological polar surface area (TPSA) is 120 Å². The van der Waals surface area contributed by atoms with Crippen LogP contribution in [0.3, 0.4) is 0 Å². The lowest BCUT2D eigenvalue weighted by Gasteiger charge is -2.09. The maximum Gasteiger partial charge on any atom is 0.347 e. The van der Waals surface area contributed by atoms with Gasteiger partial charge in [-0.15, -0.1) is 0 Å². The van der Waals surface area contributed by atoms with E-state index in [4.69, 9.17) is 9.47 Å². The van der Waals surface area contributed by atoms with Crippen LogP contribution in [0.2, 0.25) is 0 Å². The predicted octanol–water partition coefficient (Wildman–Crippen LogP) is 1.58. The number of nitrogens with one attached hydrogen (secondary N) is 2. The van der Waals surface area contributed by atoms with Crippen molar-refractivity contribution in [3.63, 3.8) is 0 Å². The van der Waals surface area contributed by atoms with Crippen LogP contribution in [0.15, 0.2) is 23.0 Å². The van der Waals surface area contributed by atoms with Crippen LogP contribution in [0, 0.1) is 0 Å². The minimum Gasteiger partial charge on any atom is -0.462 e. The number of carbonyl (C=O) groups is 3. The lowest BCUT2D eigenvalue weighted by molar-refractivity contribution is -0.146. The molecule has 1 aromatic rings. The summed E-state index contributed by atoms with van der Waals surface area (Å²) in [4.78, 5) is 43.3. The van der Waals surface area contributed by atoms with E-state index in [2.05, 4.69) is 20.6 Å². The summed E-state index contributed by atoms with van der Waals surface area (Å²) in [6, 6.07) is 1.46. The second-order valence-corrected chi connectivity index (χ2v) is 5.22. The third kappa shape index (κ3) is 6.79. The molecule has 0 atom stereocenters. The normalized spacial score (nSPS) is 9.76. The maximum absolute atomic E-state index is 11.9. The van der Waals surface area contributed by atoms with Gasteiger partial charge in [0.25, 0.3) is 0 Å². The van der Waals surface area contributed by atoms with E-state index in [0.717, 1.165) is 6.20 Å². The number of carbonyl (C=O) groups excluding carboxylic acids is 3. The monoisotopic (exact) mass is 368 g/mol. The fourth-order valence-corrected chi connectivity index (χ4v) is 1.98. The number of aromatic nitrogens is 2. The quantitative estimate of drug-likeness (QED) is 0.176. The highest BCUT2D eigenvalue weighted by atomic mass is 32.2. The van der Waals surface area contributed by atoms with Crippen molar-refractivity contribution in [1.82, 2.24) is 9.97 Å². The second kappa shape index (κ2) is 10.3. The van der Waals surface area contributed by atoms with Crippen molar-refractivity contribution in [1.29, 1.82) is 0 Å². The van der Waals surface area contributed by atoms with E-state index in [1.54, 1.807) is 20.1 Å². The minimum absolute atomic E-state index is 0.117. The Morgan fingerprint density at radius 1 is 1.12 bits per heavy atom. The highest BCUT2D eigenvalue weighted by molar-refractivity contribution is 7.98. The average Bonchev–Trinajstić information content (AvgIpc) is 2.54. The van der Waals surface area contributed by atoms with Crippen molar-refractivity contribution >= 4 is 41.2 Å². The van der Waals surface area contributed by atoms with Crippen molar-refractivity contribution in [2.75, 3.05) is 30.1 Å². The number of ether oxygens (including phenoxy) is 2. The third-order valence-electron chi connectivity index (χ3n) is 2.55. The van der Waals surface area contributed by atoms with Gasteiger partial charge >= 0.3 is 11.9 Å². The van der Waals surface area contributed by atoms with Gasteiger partial charge in [0.1, 0.15) is 11.6 Å². The van der Waals surface area contributed by atoms with E-state index in [1.165, 1.54) is 24.8 Å². The summed E-state index contributed by atoms with van der Waals surface area (Å²) in [5.74, 6) is -1.33. The van der Waals surface area contributed by atoms with Crippen LogP contribution in [0.4, 0.5) is 11.6 Å². The van der Waals surface area contributed by atoms with Gasteiger partial charge in [0.2, 0.25) is 5.91 Å². The first-order chi connectivity index (χ1) is 11.9. The Kier molecular flexibility index (Phi) is 8.40. The lowest BCUT2D eigenvalue weighted by Crippen LogP contribution is -2.19. The zero-order valence-electron chi connectivity index (χ0n) is 14.4. The van der Waals surface area contributed by atoms with Crippen molar-refractivity contribution in [2.24, 2.45) is 0 Å². The highest BCUT2D eigenvalue weighted by Crippen LogP contribution is 2.17. The molecule has 0 saturated carbocycles. The van der Waals surface area contributed by atoms with Gasteiger partial charge in [0.15, 0.2) is 10.7 Å². The average molecular weight is 368 g/mol. The molecule has 0 fully saturated rings. The highest BCUT2D eigenvalue weighted by Gasteiger charge is 2.21. The number of amides is 1. The van der Waals surface area contributed by atoms with Crippen molar-refractivity contribution in [2.45, 2.75) is 25.9 Å². The molecular formula is C15H20N4O5S. The van der Waals surface area contributed by atoms with E-state index >= 15 is 0 Å².